The molecule has 0 aliphatic carbocycles. The smallest absolute Gasteiger partial charge is 0.251 e. The lowest BCUT2D eigenvalue weighted by atomic mass is 10.0. The van der Waals surface area contributed by atoms with Gasteiger partial charge < -0.3 is 15.4 Å². The van der Waals surface area contributed by atoms with Crippen molar-refractivity contribution in [3.8, 4) is 5.75 Å². The molecule has 0 bridgehead atoms. The fraction of sp³-hybridized carbons (Fsp3) is 0.364. The summed E-state index contributed by atoms with van der Waals surface area (Å²) in [6, 6.07) is 12.0. The van der Waals surface area contributed by atoms with Crippen molar-refractivity contribution in [3.63, 3.8) is 0 Å². The van der Waals surface area contributed by atoms with Crippen LogP contribution in [0.4, 0.5) is 5.69 Å². The van der Waals surface area contributed by atoms with Gasteiger partial charge in [0.15, 0.2) is 0 Å². The van der Waals surface area contributed by atoms with Crippen molar-refractivity contribution in [1.29, 1.82) is 0 Å². The number of ether oxygens (including phenoxy) is 1. The lowest BCUT2D eigenvalue weighted by molar-refractivity contribution is -0.118. The van der Waals surface area contributed by atoms with Gasteiger partial charge >= 0.3 is 0 Å². The van der Waals surface area contributed by atoms with E-state index in [1.165, 1.54) is 0 Å². The Kier molecular flexibility index (Phi) is 6.99. The van der Waals surface area contributed by atoms with Gasteiger partial charge in [-0.2, -0.15) is 0 Å². The maximum absolute atomic E-state index is 12.7. The largest absolute Gasteiger partial charge is 0.494 e. The molecule has 2 aromatic carbocycles. The van der Waals surface area contributed by atoms with Crippen LogP contribution in [0, 0.1) is 19.8 Å². The molecule has 2 amide bonds. The van der Waals surface area contributed by atoms with E-state index in [1.807, 2.05) is 52.8 Å². The van der Waals surface area contributed by atoms with Gasteiger partial charge in [-0.3, -0.25) is 9.59 Å². The summed E-state index contributed by atoms with van der Waals surface area (Å²) in [5.74, 6) is 0.143. The molecule has 2 aromatic rings. The van der Waals surface area contributed by atoms with E-state index >= 15 is 0 Å². The number of hydrogen-bond acceptors (Lipinski definition) is 3. The Bertz CT molecular complexity index is 798. The SMILES string of the molecule is CCOc1ccc(C(=O)NC(C(=O)Nc2ccc(C)c(C)c2)C(C)C)cc1. The summed E-state index contributed by atoms with van der Waals surface area (Å²) >= 11 is 0. The summed E-state index contributed by atoms with van der Waals surface area (Å²) in [5, 5.41) is 5.74. The second-order valence-corrected chi connectivity index (χ2v) is 6.94. The van der Waals surface area contributed by atoms with Gasteiger partial charge in [0.1, 0.15) is 11.8 Å². The number of rotatable bonds is 7. The zero-order valence-corrected chi connectivity index (χ0v) is 16.6. The highest BCUT2D eigenvalue weighted by Crippen LogP contribution is 2.16. The molecule has 0 radical (unpaired) electrons. The Hall–Kier alpha value is -2.82. The van der Waals surface area contributed by atoms with Gasteiger partial charge in [0, 0.05) is 11.3 Å². The molecule has 5 heteroatoms. The topological polar surface area (TPSA) is 67.4 Å². The first-order valence-electron chi connectivity index (χ1n) is 9.23. The predicted molar refractivity (Wildman–Crippen MR) is 108 cm³/mol. The Labute approximate surface area is 161 Å². The molecule has 144 valence electrons. The third kappa shape index (κ3) is 5.58. The highest BCUT2D eigenvalue weighted by atomic mass is 16.5. The second-order valence-electron chi connectivity index (χ2n) is 6.94. The average Bonchev–Trinajstić information content (AvgIpc) is 2.63. The quantitative estimate of drug-likeness (QED) is 0.773. The Morgan fingerprint density at radius 1 is 1.00 bits per heavy atom. The molecule has 0 saturated carbocycles. The van der Waals surface area contributed by atoms with Gasteiger partial charge in [-0.1, -0.05) is 19.9 Å². The van der Waals surface area contributed by atoms with E-state index in [-0.39, 0.29) is 17.7 Å². The summed E-state index contributed by atoms with van der Waals surface area (Å²) in [4.78, 5) is 25.3. The number of anilines is 1. The zero-order chi connectivity index (χ0) is 20.0. The van der Waals surface area contributed by atoms with E-state index in [1.54, 1.807) is 24.3 Å². The first kappa shape index (κ1) is 20.5. The van der Waals surface area contributed by atoms with E-state index in [0.717, 1.165) is 16.8 Å². The van der Waals surface area contributed by atoms with Crippen molar-refractivity contribution < 1.29 is 14.3 Å². The minimum absolute atomic E-state index is 0.0526. The van der Waals surface area contributed by atoms with Crippen molar-refractivity contribution >= 4 is 17.5 Å². The van der Waals surface area contributed by atoms with Gasteiger partial charge in [0.05, 0.1) is 6.61 Å². The summed E-state index contributed by atoms with van der Waals surface area (Å²) < 4.78 is 5.39. The molecule has 1 atom stereocenters. The highest BCUT2D eigenvalue weighted by Gasteiger charge is 2.25. The van der Waals surface area contributed by atoms with Gasteiger partial charge in [-0.05, 0) is 74.2 Å². The average molecular weight is 368 g/mol. The fourth-order valence-corrected chi connectivity index (χ4v) is 2.67. The maximum atomic E-state index is 12.7. The Balaban J connectivity index is 2.08. The molecule has 0 saturated heterocycles. The van der Waals surface area contributed by atoms with Crippen LogP contribution in [0.15, 0.2) is 42.5 Å². The van der Waals surface area contributed by atoms with Gasteiger partial charge in [-0.15, -0.1) is 0 Å². The van der Waals surface area contributed by atoms with Crippen LogP contribution in [-0.2, 0) is 4.79 Å². The van der Waals surface area contributed by atoms with Crippen LogP contribution < -0.4 is 15.4 Å². The van der Waals surface area contributed by atoms with Crippen molar-refractivity contribution in [2.75, 3.05) is 11.9 Å². The molecule has 0 aromatic heterocycles. The second kappa shape index (κ2) is 9.21. The normalized spacial score (nSPS) is 11.8. The summed E-state index contributed by atoms with van der Waals surface area (Å²) in [5.41, 5.74) is 3.48. The lowest BCUT2D eigenvalue weighted by Gasteiger charge is -2.22. The minimum atomic E-state index is -0.634. The van der Waals surface area contributed by atoms with E-state index in [2.05, 4.69) is 10.6 Å². The van der Waals surface area contributed by atoms with Crippen molar-refractivity contribution in [3.05, 3.63) is 59.2 Å². The number of hydrogen-bond donors (Lipinski definition) is 2. The number of nitrogens with one attached hydrogen (secondary N) is 2. The lowest BCUT2D eigenvalue weighted by Crippen LogP contribution is -2.47. The fourth-order valence-electron chi connectivity index (χ4n) is 2.67. The number of carbonyl (C=O) groups excluding carboxylic acids is 2. The predicted octanol–water partition coefficient (Wildman–Crippen LogP) is 4.10. The van der Waals surface area contributed by atoms with Gasteiger partial charge in [0.25, 0.3) is 5.91 Å². The number of amides is 2. The number of aryl methyl sites for hydroxylation is 2. The molecule has 0 fully saturated rings. The molecule has 0 aliphatic heterocycles. The third-order valence-electron chi connectivity index (χ3n) is 4.44. The first-order chi connectivity index (χ1) is 12.8. The van der Waals surface area contributed by atoms with Crippen LogP contribution in [0.25, 0.3) is 0 Å². The van der Waals surface area contributed by atoms with Crippen molar-refractivity contribution in [1.82, 2.24) is 5.32 Å². The Morgan fingerprint density at radius 2 is 1.67 bits per heavy atom. The van der Waals surface area contributed by atoms with Crippen LogP contribution in [0.5, 0.6) is 5.75 Å². The zero-order valence-electron chi connectivity index (χ0n) is 16.6. The summed E-state index contributed by atoms with van der Waals surface area (Å²) in [6.07, 6.45) is 0. The molecule has 1 unspecified atom stereocenters. The minimum Gasteiger partial charge on any atom is -0.494 e. The highest BCUT2D eigenvalue weighted by molar-refractivity contribution is 6.01. The molecular weight excluding hydrogens is 340 g/mol. The monoisotopic (exact) mass is 368 g/mol. The van der Waals surface area contributed by atoms with Crippen molar-refractivity contribution in [2.45, 2.75) is 40.7 Å². The molecule has 27 heavy (non-hydrogen) atoms. The molecule has 5 nitrogen and oxygen atoms in total. The molecule has 0 aliphatic rings. The van der Waals surface area contributed by atoms with E-state index in [4.69, 9.17) is 4.74 Å². The van der Waals surface area contributed by atoms with Crippen LogP contribution in [-0.4, -0.2) is 24.5 Å². The van der Waals surface area contributed by atoms with Crippen LogP contribution >= 0.6 is 0 Å². The third-order valence-corrected chi connectivity index (χ3v) is 4.44. The van der Waals surface area contributed by atoms with Crippen LogP contribution in [0.1, 0.15) is 42.3 Å². The molecule has 0 spiro atoms. The first-order valence-corrected chi connectivity index (χ1v) is 9.23. The molecular formula is C22H28N2O3. The Morgan fingerprint density at radius 3 is 2.22 bits per heavy atom. The standard InChI is InChI=1S/C22H28N2O3/c1-6-27-19-11-8-17(9-12-19)21(25)24-20(14(2)3)22(26)23-18-10-7-15(4)16(5)13-18/h7-14,20H,6H2,1-5H3,(H,23,26)(H,24,25). The van der Waals surface area contributed by atoms with Gasteiger partial charge in [0.2, 0.25) is 5.91 Å². The molecule has 2 N–H and O–H groups in total. The van der Waals surface area contributed by atoms with E-state index in [0.29, 0.717) is 17.9 Å². The van der Waals surface area contributed by atoms with Crippen molar-refractivity contribution in [2.24, 2.45) is 5.92 Å². The van der Waals surface area contributed by atoms with E-state index in [9.17, 15) is 9.59 Å². The van der Waals surface area contributed by atoms with Gasteiger partial charge in [-0.25, -0.2) is 0 Å². The molecule has 2 rings (SSSR count). The summed E-state index contributed by atoms with van der Waals surface area (Å²) in [7, 11) is 0. The summed E-state index contributed by atoms with van der Waals surface area (Å²) in [6.45, 7) is 10.3. The number of benzene rings is 2. The van der Waals surface area contributed by atoms with Crippen LogP contribution in [0.2, 0.25) is 0 Å². The van der Waals surface area contributed by atoms with E-state index < -0.39 is 6.04 Å². The number of carbonyl (C=O) groups is 2. The van der Waals surface area contributed by atoms with Crippen LogP contribution in [0.3, 0.4) is 0 Å². The molecule has 0 heterocycles. The maximum Gasteiger partial charge on any atom is 0.251 e.